The van der Waals surface area contributed by atoms with Gasteiger partial charge in [0.05, 0.1) is 6.10 Å². The lowest BCUT2D eigenvalue weighted by Crippen LogP contribution is -2.58. The largest absolute Gasteiger partial charge is 0.392 e. The molecular weight excluding hydrogens is 357 g/mol. The maximum Gasteiger partial charge on any atom is 0.117 e. The molecule has 1 saturated heterocycles. The summed E-state index contributed by atoms with van der Waals surface area (Å²) in [6.07, 6.45) is 1.85. The maximum atomic E-state index is 10.8. The number of rotatable bonds is 5. The van der Waals surface area contributed by atoms with Gasteiger partial charge in [0, 0.05) is 16.1 Å². The fraction of sp³-hybridized carbons (Fsp3) is 0.368. The number of hydrogen-bond acceptors (Lipinski definition) is 2. The molecule has 24 heavy (non-hydrogen) atoms. The van der Waals surface area contributed by atoms with Crippen LogP contribution >= 0.6 is 23.2 Å². The lowest BCUT2D eigenvalue weighted by Gasteiger charge is -2.33. The van der Waals surface area contributed by atoms with E-state index in [1.807, 2.05) is 24.3 Å². The number of nitrogens with one attached hydrogen (secondary N) is 1. The Morgan fingerprint density at radius 3 is 1.96 bits per heavy atom. The number of aliphatic hydroxyl groups is 1. The number of aliphatic hydroxyl groups excluding tert-OH is 1. The normalized spacial score (nSPS) is 19.4. The van der Waals surface area contributed by atoms with Gasteiger partial charge < -0.3 is 10.4 Å². The van der Waals surface area contributed by atoms with Crippen LogP contribution in [0.3, 0.4) is 0 Å². The topological polar surface area (TPSA) is 32.3 Å². The first-order valence-corrected chi connectivity index (χ1v) is 11.9. The van der Waals surface area contributed by atoms with Gasteiger partial charge in [-0.1, -0.05) is 64.4 Å². The summed E-state index contributed by atoms with van der Waals surface area (Å²) >= 11 is 12.2. The van der Waals surface area contributed by atoms with Crippen LogP contribution in [0.5, 0.6) is 0 Å². The third-order valence-electron chi connectivity index (χ3n) is 5.14. The summed E-state index contributed by atoms with van der Waals surface area (Å²) in [7, 11) is -2.09. The van der Waals surface area contributed by atoms with Crippen molar-refractivity contribution in [3.8, 4) is 0 Å². The number of hydrogen-bond donors (Lipinski definition) is 2. The molecule has 0 saturated carbocycles. The van der Waals surface area contributed by atoms with Crippen molar-refractivity contribution >= 4 is 41.6 Å². The van der Waals surface area contributed by atoms with E-state index in [4.69, 9.17) is 23.2 Å². The number of halogens is 2. The predicted molar refractivity (Wildman–Crippen MR) is 106 cm³/mol. The molecule has 2 N–H and O–H groups in total. The Morgan fingerprint density at radius 1 is 1.04 bits per heavy atom. The Balaban J connectivity index is 1.96. The van der Waals surface area contributed by atoms with Crippen molar-refractivity contribution in [2.75, 3.05) is 6.54 Å². The van der Waals surface area contributed by atoms with Crippen LogP contribution in [0.2, 0.25) is 22.6 Å². The molecule has 0 unspecified atom stereocenters. The summed E-state index contributed by atoms with van der Waals surface area (Å²) in [6, 6.07) is 17.2. The molecule has 1 aliphatic heterocycles. The molecule has 0 bridgehead atoms. The van der Waals surface area contributed by atoms with Crippen LogP contribution in [0.1, 0.15) is 12.8 Å². The van der Waals surface area contributed by atoms with E-state index in [0.717, 1.165) is 35.5 Å². The molecule has 1 heterocycles. The minimum atomic E-state index is -2.09. The first-order chi connectivity index (χ1) is 11.5. The summed E-state index contributed by atoms with van der Waals surface area (Å²) in [6.45, 7) is 3.32. The molecule has 2 nitrogen and oxygen atoms in total. The van der Waals surface area contributed by atoms with Crippen molar-refractivity contribution in [1.29, 1.82) is 0 Å². The van der Waals surface area contributed by atoms with Gasteiger partial charge in [-0.15, -0.1) is 0 Å². The highest BCUT2D eigenvalue weighted by atomic mass is 35.5. The second kappa shape index (κ2) is 7.59. The minimum absolute atomic E-state index is 0.205. The maximum absolute atomic E-state index is 10.8. The summed E-state index contributed by atoms with van der Waals surface area (Å²) in [5.41, 5.74) is 0. The van der Waals surface area contributed by atoms with E-state index in [-0.39, 0.29) is 12.1 Å². The molecule has 3 rings (SSSR count). The Labute approximate surface area is 154 Å². The summed E-state index contributed by atoms with van der Waals surface area (Å²) in [5, 5.41) is 18.3. The highest BCUT2D eigenvalue weighted by Gasteiger charge is 2.37. The summed E-state index contributed by atoms with van der Waals surface area (Å²) in [4.78, 5) is 0. The molecule has 2 atom stereocenters. The molecule has 0 aromatic heterocycles. The van der Waals surface area contributed by atoms with Crippen molar-refractivity contribution in [3.63, 3.8) is 0 Å². The second-order valence-electron chi connectivity index (χ2n) is 6.82. The zero-order valence-electron chi connectivity index (χ0n) is 13.8. The molecule has 0 radical (unpaired) electrons. The zero-order chi connectivity index (χ0) is 17.2. The molecule has 0 aliphatic carbocycles. The smallest absolute Gasteiger partial charge is 0.117 e. The second-order valence-corrected chi connectivity index (χ2v) is 11.9. The Kier molecular flexibility index (Phi) is 5.68. The van der Waals surface area contributed by atoms with Gasteiger partial charge in [0.2, 0.25) is 0 Å². The zero-order valence-corrected chi connectivity index (χ0v) is 16.3. The van der Waals surface area contributed by atoms with E-state index in [1.165, 1.54) is 10.4 Å². The van der Waals surface area contributed by atoms with Gasteiger partial charge in [-0.05, 0) is 49.7 Å². The van der Waals surface area contributed by atoms with Gasteiger partial charge in [-0.2, -0.15) is 0 Å². The average molecular weight is 380 g/mol. The van der Waals surface area contributed by atoms with Gasteiger partial charge in [0.25, 0.3) is 0 Å². The van der Waals surface area contributed by atoms with Crippen molar-refractivity contribution in [1.82, 2.24) is 5.32 Å². The van der Waals surface area contributed by atoms with Crippen LogP contribution < -0.4 is 15.7 Å². The molecule has 2 aromatic carbocycles. The lowest BCUT2D eigenvalue weighted by molar-refractivity contribution is 0.153. The Bertz CT molecular complexity index is 623. The standard InChI is InChI=1S/C19H23Cl2NOSi/c1-24(16-8-4-14(20)5-9-16,17-10-6-15(21)7-11-17)13-19(23)18-3-2-12-22-18/h4-11,18-19,22-23H,2-3,12-13H2,1H3/t18-,19+/m0/s1. The molecule has 1 aliphatic rings. The first kappa shape index (κ1) is 18.0. The molecule has 1 fully saturated rings. The molecule has 5 heteroatoms. The van der Waals surface area contributed by atoms with Gasteiger partial charge in [-0.3, -0.25) is 0 Å². The third kappa shape index (κ3) is 3.87. The van der Waals surface area contributed by atoms with Crippen LogP contribution in [0.25, 0.3) is 0 Å². The highest BCUT2D eigenvalue weighted by Crippen LogP contribution is 2.21. The van der Waals surface area contributed by atoms with Crippen molar-refractivity contribution in [2.45, 2.75) is 37.6 Å². The van der Waals surface area contributed by atoms with Crippen LogP contribution in [-0.4, -0.2) is 31.9 Å². The van der Waals surface area contributed by atoms with Crippen molar-refractivity contribution in [3.05, 3.63) is 58.6 Å². The monoisotopic (exact) mass is 379 g/mol. The Morgan fingerprint density at radius 2 is 1.54 bits per heavy atom. The molecule has 2 aromatic rings. The fourth-order valence-electron chi connectivity index (χ4n) is 3.64. The SMILES string of the molecule is C[Si](C[C@@H](O)[C@@H]1CCCN1)(c1ccc(Cl)cc1)c1ccc(Cl)cc1. The predicted octanol–water partition coefficient (Wildman–Crippen LogP) is 3.30. The van der Waals surface area contributed by atoms with Crippen molar-refractivity contribution < 1.29 is 5.11 Å². The van der Waals surface area contributed by atoms with E-state index in [9.17, 15) is 5.11 Å². The quantitative estimate of drug-likeness (QED) is 0.781. The van der Waals surface area contributed by atoms with Crippen LogP contribution in [0, 0.1) is 0 Å². The molecular formula is C19H23Cl2NOSi. The van der Waals surface area contributed by atoms with Crippen LogP contribution in [-0.2, 0) is 0 Å². The van der Waals surface area contributed by atoms with E-state index in [2.05, 4.69) is 36.1 Å². The van der Waals surface area contributed by atoms with Crippen molar-refractivity contribution in [2.24, 2.45) is 0 Å². The van der Waals surface area contributed by atoms with Gasteiger partial charge in [-0.25, -0.2) is 0 Å². The van der Waals surface area contributed by atoms with E-state index in [0.29, 0.717) is 0 Å². The highest BCUT2D eigenvalue weighted by molar-refractivity contribution is 7.01. The number of benzene rings is 2. The van der Waals surface area contributed by atoms with Gasteiger partial charge in [0.15, 0.2) is 0 Å². The summed E-state index contributed by atoms with van der Waals surface area (Å²) < 4.78 is 0. The first-order valence-electron chi connectivity index (χ1n) is 8.42. The fourth-order valence-corrected chi connectivity index (χ4v) is 7.62. The molecule has 0 spiro atoms. The van der Waals surface area contributed by atoms with E-state index < -0.39 is 8.07 Å². The average Bonchev–Trinajstić information content (AvgIpc) is 3.10. The van der Waals surface area contributed by atoms with E-state index >= 15 is 0 Å². The molecule has 0 amide bonds. The Hall–Kier alpha value is -0.843. The minimum Gasteiger partial charge on any atom is -0.392 e. The van der Waals surface area contributed by atoms with Crippen LogP contribution in [0.4, 0.5) is 0 Å². The van der Waals surface area contributed by atoms with E-state index in [1.54, 1.807) is 0 Å². The van der Waals surface area contributed by atoms with Crippen LogP contribution in [0.15, 0.2) is 48.5 Å². The third-order valence-corrected chi connectivity index (χ3v) is 10.1. The summed E-state index contributed by atoms with van der Waals surface area (Å²) in [5.74, 6) is 0. The molecule has 128 valence electrons. The lowest BCUT2D eigenvalue weighted by atomic mass is 10.1. The van der Waals surface area contributed by atoms with Gasteiger partial charge in [0.1, 0.15) is 8.07 Å². The van der Waals surface area contributed by atoms with Gasteiger partial charge >= 0.3 is 0 Å².